The summed E-state index contributed by atoms with van der Waals surface area (Å²) in [5.74, 6) is -1.08. The number of aryl methyl sites for hydroxylation is 1. The lowest BCUT2D eigenvalue weighted by molar-refractivity contribution is -0.173. The van der Waals surface area contributed by atoms with Gasteiger partial charge in [0, 0.05) is 5.92 Å². The number of ether oxygens (including phenoxy) is 2. The summed E-state index contributed by atoms with van der Waals surface area (Å²) in [4.78, 5) is 25.3. The van der Waals surface area contributed by atoms with Crippen molar-refractivity contribution in [3.63, 3.8) is 0 Å². The van der Waals surface area contributed by atoms with Gasteiger partial charge < -0.3 is 9.47 Å². The van der Waals surface area contributed by atoms with Crippen LogP contribution in [-0.2, 0) is 25.5 Å². The van der Waals surface area contributed by atoms with Crippen LogP contribution in [0.4, 0.5) is 0 Å². The molecule has 1 unspecified atom stereocenters. The lowest BCUT2D eigenvalue weighted by Crippen LogP contribution is -2.47. The molecule has 23 heavy (non-hydrogen) atoms. The molecule has 1 aliphatic rings. The van der Waals surface area contributed by atoms with Crippen molar-refractivity contribution in [1.82, 2.24) is 0 Å². The summed E-state index contributed by atoms with van der Waals surface area (Å²) in [6.07, 6.45) is 2.45. The van der Waals surface area contributed by atoms with Crippen LogP contribution < -0.4 is 0 Å². The molecular weight excluding hydrogens is 292 g/mol. The third kappa shape index (κ3) is 3.03. The molecule has 124 valence electrons. The van der Waals surface area contributed by atoms with E-state index in [1.54, 1.807) is 19.9 Å². The molecule has 0 saturated heterocycles. The zero-order chi connectivity index (χ0) is 17.0. The Hall–Kier alpha value is -2.10. The second kappa shape index (κ2) is 6.99. The first-order valence-electron chi connectivity index (χ1n) is 8.05. The van der Waals surface area contributed by atoms with Crippen molar-refractivity contribution >= 4 is 11.9 Å². The Morgan fingerprint density at radius 3 is 2.39 bits per heavy atom. The van der Waals surface area contributed by atoms with E-state index in [1.165, 1.54) is 0 Å². The molecule has 0 spiro atoms. The van der Waals surface area contributed by atoms with Gasteiger partial charge in [0.2, 0.25) is 0 Å². The lowest BCUT2D eigenvalue weighted by atomic mass is 9.66. The number of carbonyl (C=O) groups is 2. The summed E-state index contributed by atoms with van der Waals surface area (Å²) in [5, 5.41) is 0. The average molecular weight is 316 g/mol. The van der Waals surface area contributed by atoms with E-state index >= 15 is 0 Å². The number of hydrogen-bond acceptors (Lipinski definition) is 4. The van der Waals surface area contributed by atoms with Gasteiger partial charge >= 0.3 is 11.9 Å². The molecule has 4 heteroatoms. The molecule has 1 aliphatic carbocycles. The van der Waals surface area contributed by atoms with E-state index in [9.17, 15) is 9.59 Å². The van der Waals surface area contributed by atoms with Gasteiger partial charge in [-0.15, -0.1) is 6.58 Å². The van der Waals surface area contributed by atoms with E-state index in [0.29, 0.717) is 12.8 Å². The molecule has 0 amide bonds. The maximum Gasteiger partial charge on any atom is 0.323 e. The van der Waals surface area contributed by atoms with Crippen LogP contribution in [0.2, 0.25) is 0 Å². The molecule has 0 radical (unpaired) electrons. The summed E-state index contributed by atoms with van der Waals surface area (Å²) >= 11 is 0. The predicted octanol–water partition coefficient (Wildman–Crippen LogP) is 3.32. The first-order valence-corrected chi connectivity index (χ1v) is 8.05. The maximum atomic E-state index is 12.6. The highest BCUT2D eigenvalue weighted by molar-refractivity contribution is 6.01. The van der Waals surface area contributed by atoms with Crippen molar-refractivity contribution in [1.29, 1.82) is 0 Å². The number of hydrogen-bond donors (Lipinski definition) is 0. The van der Waals surface area contributed by atoms with Crippen LogP contribution in [-0.4, -0.2) is 25.2 Å². The second-order valence-electron chi connectivity index (χ2n) is 5.89. The fourth-order valence-electron chi connectivity index (χ4n) is 3.43. The predicted molar refractivity (Wildman–Crippen MR) is 88.1 cm³/mol. The lowest BCUT2D eigenvalue weighted by Gasteiger charge is -2.38. The number of esters is 2. The van der Waals surface area contributed by atoms with Crippen LogP contribution in [0.5, 0.6) is 0 Å². The first kappa shape index (κ1) is 17.3. The van der Waals surface area contributed by atoms with Crippen molar-refractivity contribution < 1.29 is 19.1 Å². The molecule has 2 rings (SSSR count). The van der Waals surface area contributed by atoms with Crippen LogP contribution in [0.3, 0.4) is 0 Å². The molecule has 1 atom stereocenters. The van der Waals surface area contributed by atoms with Crippen molar-refractivity contribution in [2.24, 2.45) is 5.41 Å². The Balaban J connectivity index is 2.54. The molecule has 0 aliphatic heterocycles. The van der Waals surface area contributed by atoms with Crippen LogP contribution in [0.25, 0.3) is 0 Å². The van der Waals surface area contributed by atoms with Gasteiger partial charge in [-0.2, -0.15) is 0 Å². The third-order valence-electron chi connectivity index (χ3n) is 4.46. The van der Waals surface area contributed by atoms with Crippen LogP contribution in [0.1, 0.15) is 42.9 Å². The molecule has 1 aromatic carbocycles. The van der Waals surface area contributed by atoms with Gasteiger partial charge in [0.05, 0.1) is 13.2 Å². The van der Waals surface area contributed by atoms with Crippen LogP contribution in [0, 0.1) is 12.3 Å². The highest BCUT2D eigenvalue weighted by Crippen LogP contribution is 2.45. The largest absolute Gasteiger partial charge is 0.465 e. The van der Waals surface area contributed by atoms with Crippen LogP contribution in [0.15, 0.2) is 30.9 Å². The average Bonchev–Trinajstić information content (AvgIpc) is 2.54. The molecule has 0 N–H and O–H groups in total. The maximum absolute atomic E-state index is 12.6. The standard InChI is InChI=1S/C19H24O4/c1-5-14-11-19(17(20)22-6-2,18(21)23-7-3)12-15-10-8-9-13(4)16(14)15/h5,8-10,14H,1,6-7,11-12H2,2-4H3. The number of allylic oxidation sites excluding steroid dienone is 1. The SMILES string of the molecule is C=CC1CC(C(=O)OCC)(C(=O)OCC)Cc2cccc(C)c21. The van der Waals surface area contributed by atoms with Gasteiger partial charge in [0.25, 0.3) is 0 Å². The minimum absolute atomic E-state index is 0.0752. The summed E-state index contributed by atoms with van der Waals surface area (Å²) < 4.78 is 10.4. The summed E-state index contributed by atoms with van der Waals surface area (Å²) in [6.45, 7) is 9.88. The van der Waals surface area contributed by atoms with Gasteiger partial charge in [0.1, 0.15) is 0 Å². The highest BCUT2D eigenvalue weighted by atomic mass is 16.6. The Labute approximate surface area is 137 Å². The van der Waals surface area contributed by atoms with E-state index in [4.69, 9.17) is 9.47 Å². The summed E-state index contributed by atoms with van der Waals surface area (Å²) in [7, 11) is 0. The van der Waals surface area contributed by atoms with Crippen molar-refractivity contribution in [2.45, 2.75) is 39.5 Å². The zero-order valence-corrected chi connectivity index (χ0v) is 14.1. The van der Waals surface area contributed by atoms with E-state index in [0.717, 1.165) is 16.7 Å². The van der Waals surface area contributed by atoms with E-state index in [-0.39, 0.29) is 19.1 Å². The number of carbonyl (C=O) groups excluding carboxylic acids is 2. The fraction of sp³-hybridized carbons (Fsp3) is 0.474. The van der Waals surface area contributed by atoms with Gasteiger partial charge in [-0.05, 0) is 50.3 Å². The first-order chi connectivity index (χ1) is 11.0. The minimum Gasteiger partial charge on any atom is -0.465 e. The highest BCUT2D eigenvalue weighted by Gasteiger charge is 2.53. The smallest absolute Gasteiger partial charge is 0.323 e. The third-order valence-corrected chi connectivity index (χ3v) is 4.46. The Bertz CT molecular complexity index is 600. The minimum atomic E-state index is -1.29. The van der Waals surface area contributed by atoms with Crippen LogP contribution >= 0.6 is 0 Å². The Morgan fingerprint density at radius 2 is 1.87 bits per heavy atom. The van der Waals surface area contributed by atoms with Gasteiger partial charge in [-0.1, -0.05) is 24.3 Å². The van der Waals surface area contributed by atoms with Crippen molar-refractivity contribution in [2.75, 3.05) is 13.2 Å². The number of fused-ring (bicyclic) bond motifs is 1. The summed E-state index contributed by atoms with van der Waals surface area (Å²) in [5.41, 5.74) is 2.01. The number of rotatable bonds is 5. The van der Waals surface area contributed by atoms with Gasteiger partial charge in [-0.25, -0.2) is 0 Å². The molecule has 0 bridgehead atoms. The van der Waals surface area contributed by atoms with E-state index in [1.807, 2.05) is 25.1 Å². The molecule has 0 saturated carbocycles. The molecule has 0 heterocycles. The molecule has 4 nitrogen and oxygen atoms in total. The normalized spacial score (nSPS) is 18.7. The van der Waals surface area contributed by atoms with E-state index < -0.39 is 17.4 Å². The van der Waals surface area contributed by atoms with Gasteiger partial charge in [-0.3, -0.25) is 9.59 Å². The molecule has 1 aromatic rings. The zero-order valence-electron chi connectivity index (χ0n) is 14.1. The second-order valence-corrected chi connectivity index (χ2v) is 5.89. The topological polar surface area (TPSA) is 52.6 Å². The Kier molecular flexibility index (Phi) is 5.24. The van der Waals surface area contributed by atoms with Gasteiger partial charge in [0.15, 0.2) is 5.41 Å². The summed E-state index contributed by atoms with van der Waals surface area (Å²) in [6, 6.07) is 5.95. The molecule has 0 aromatic heterocycles. The Morgan fingerprint density at radius 1 is 1.26 bits per heavy atom. The number of benzene rings is 1. The molecular formula is C19H24O4. The monoisotopic (exact) mass is 316 g/mol. The fourth-order valence-corrected chi connectivity index (χ4v) is 3.43. The molecule has 0 fully saturated rings. The quantitative estimate of drug-likeness (QED) is 0.475. The van der Waals surface area contributed by atoms with Crippen molar-refractivity contribution in [3.05, 3.63) is 47.5 Å². The van der Waals surface area contributed by atoms with Crippen molar-refractivity contribution in [3.8, 4) is 0 Å². The van der Waals surface area contributed by atoms with E-state index in [2.05, 4.69) is 6.58 Å².